The number of carbonyl (C=O) groups excluding carboxylic acids is 1. The van der Waals surface area contributed by atoms with Crippen molar-refractivity contribution in [1.82, 2.24) is 4.72 Å². The van der Waals surface area contributed by atoms with Crippen LogP contribution in [0.5, 0.6) is 5.75 Å². The first-order valence-corrected chi connectivity index (χ1v) is 12.2. The number of ether oxygens (including phenoxy) is 1. The van der Waals surface area contributed by atoms with Crippen molar-refractivity contribution in [2.75, 3.05) is 18.1 Å². The second-order valence-corrected chi connectivity index (χ2v) is 10.7. The van der Waals surface area contributed by atoms with Gasteiger partial charge in [0.25, 0.3) is 5.91 Å². The van der Waals surface area contributed by atoms with Crippen molar-refractivity contribution in [2.45, 2.75) is 45.1 Å². The summed E-state index contributed by atoms with van der Waals surface area (Å²) in [5, 5.41) is 0. The van der Waals surface area contributed by atoms with Gasteiger partial charge in [-0.1, -0.05) is 29.8 Å². The molecule has 0 saturated carbocycles. The van der Waals surface area contributed by atoms with Crippen molar-refractivity contribution in [1.29, 1.82) is 0 Å². The van der Waals surface area contributed by atoms with Gasteiger partial charge >= 0.3 is 0 Å². The lowest BCUT2D eigenvalue weighted by Gasteiger charge is -2.23. The van der Waals surface area contributed by atoms with Crippen LogP contribution in [0.15, 0.2) is 45.8 Å². The normalized spacial score (nSPS) is 16.1. The van der Waals surface area contributed by atoms with Crippen molar-refractivity contribution >= 4 is 37.5 Å². The van der Waals surface area contributed by atoms with Crippen LogP contribution in [0.25, 0.3) is 0 Å². The van der Waals surface area contributed by atoms with Gasteiger partial charge in [0.1, 0.15) is 5.75 Å². The monoisotopic (exact) mass is 494 g/mol. The Labute approximate surface area is 186 Å². The quantitative estimate of drug-likeness (QED) is 0.629. The maximum Gasteiger partial charge on any atom is 0.265 e. The highest BCUT2D eigenvalue weighted by Crippen LogP contribution is 2.34. The van der Waals surface area contributed by atoms with Crippen molar-refractivity contribution in [3.8, 4) is 5.75 Å². The Balaban J connectivity index is 1.69. The Morgan fingerprint density at radius 3 is 2.67 bits per heavy atom. The number of nitrogens with zero attached hydrogens (tertiary/aromatic N) is 1. The summed E-state index contributed by atoms with van der Waals surface area (Å²) >= 11 is 3.47. The number of rotatable bonds is 7. The number of anilines is 1. The maximum absolute atomic E-state index is 12.8. The summed E-state index contributed by atoms with van der Waals surface area (Å²) in [6, 6.07) is 10.6. The van der Waals surface area contributed by atoms with Crippen LogP contribution >= 0.6 is 15.9 Å². The van der Waals surface area contributed by atoms with Gasteiger partial charge in [0.15, 0.2) is 6.61 Å². The number of benzene rings is 2. The van der Waals surface area contributed by atoms with E-state index in [9.17, 15) is 13.2 Å². The number of amides is 1. The predicted octanol–water partition coefficient (Wildman–Crippen LogP) is 4.05. The number of sulfonamides is 1. The molecule has 1 aliphatic rings. The standard InChI is InChI=1S/C22H27BrN2O4S/c1-14(2)12-24-30(27,28)19-6-8-21(15(3)9-19)29-13-22(26)25-16(4)10-17-11-18(23)5-7-20(17)25/h5-9,11,14,16,24H,10,12-13H2,1-4H3/t16-/m1/s1. The summed E-state index contributed by atoms with van der Waals surface area (Å²) in [6.45, 7) is 7.94. The Hall–Kier alpha value is -1.90. The molecule has 1 heterocycles. The van der Waals surface area contributed by atoms with E-state index in [0.717, 1.165) is 22.1 Å². The zero-order valence-electron chi connectivity index (χ0n) is 17.6. The van der Waals surface area contributed by atoms with E-state index in [-0.39, 0.29) is 29.4 Å². The molecule has 0 spiro atoms. The lowest BCUT2D eigenvalue weighted by atomic mass is 10.1. The van der Waals surface area contributed by atoms with E-state index in [4.69, 9.17) is 4.74 Å². The number of hydrogen-bond acceptors (Lipinski definition) is 4. The Morgan fingerprint density at radius 2 is 2.00 bits per heavy atom. The highest BCUT2D eigenvalue weighted by molar-refractivity contribution is 9.10. The fourth-order valence-corrected chi connectivity index (χ4v) is 5.21. The first-order valence-electron chi connectivity index (χ1n) is 9.92. The Kier molecular flexibility index (Phi) is 6.89. The second-order valence-electron chi connectivity index (χ2n) is 8.05. The van der Waals surface area contributed by atoms with Crippen LogP contribution in [0.2, 0.25) is 0 Å². The van der Waals surface area contributed by atoms with E-state index < -0.39 is 10.0 Å². The minimum absolute atomic E-state index is 0.0612. The smallest absolute Gasteiger partial charge is 0.265 e. The number of nitrogens with one attached hydrogen (secondary N) is 1. The third-order valence-electron chi connectivity index (χ3n) is 5.02. The summed E-state index contributed by atoms with van der Waals surface area (Å²) < 4.78 is 34.1. The summed E-state index contributed by atoms with van der Waals surface area (Å²) in [4.78, 5) is 14.8. The van der Waals surface area contributed by atoms with E-state index in [1.165, 1.54) is 6.07 Å². The lowest BCUT2D eigenvalue weighted by Crippen LogP contribution is -2.39. The van der Waals surface area contributed by atoms with E-state index in [1.807, 2.05) is 39.0 Å². The molecule has 1 amide bonds. The average Bonchev–Trinajstić information content (AvgIpc) is 3.00. The molecular weight excluding hydrogens is 468 g/mol. The first kappa shape index (κ1) is 22.8. The zero-order valence-corrected chi connectivity index (χ0v) is 20.0. The van der Waals surface area contributed by atoms with Gasteiger partial charge in [-0.05, 0) is 73.7 Å². The molecule has 30 heavy (non-hydrogen) atoms. The number of halogens is 1. The molecule has 0 bridgehead atoms. The molecule has 1 aliphatic heterocycles. The van der Waals surface area contributed by atoms with Crippen LogP contribution in [0, 0.1) is 12.8 Å². The lowest BCUT2D eigenvalue weighted by molar-refractivity contribution is -0.120. The molecule has 1 atom stereocenters. The summed E-state index contributed by atoms with van der Waals surface area (Å²) in [6.07, 6.45) is 0.801. The highest BCUT2D eigenvalue weighted by atomic mass is 79.9. The van der Waals surface area contributed by atoms with Crippen LogP contribution in [0.1, 0.15) is 31.9 Å². The third kappa shape index (κ3) is 5.04. The molecule has 0 aromatic heterocycles. The molecule has 2 aromatic carbocycles. The van der Waals surface area contributed by atoms with Crippen molar-refractivity contribution in [3.05, 3.63) is 52.0 Å². The molecule has 0 fully saturated rings. The molecule has 2 aromatic rings. The van der Waals surface area contributed by atoms with Gasteiger partial charge < -0.3 is 9.64 Å². The fraction of sp³-hybridized carbons (Fsp3) is 0.409. The SMILES string of the molecule is Cc1cc(S(=O)(=O)NCC(C)C)ccc1OCC(=O)N1c2ccc(Br)cc2C[C@H]1C. The van der Waals surface area contributed by atoms with Gasteiger partial charge in [-0.15, -0.1) is 0 Å². The predicted molar refractivity (Wildman–Crippen MR) is 121 cm³/mol. The second kappa shape index (κ2) is 9.08. The van der Waals surface area contributed by atoms with Crippen LogP contribution in [0.3, 0.4) is 0 Å². The minimum atomic E-state index is -3.57. The molecule has 1 N–H and O–H groups in total. The van der Waals surface area contributed by atoms with Crippen LogP contribution < -0.4 is 14.4 Å². The molecule has 3 rings (SSSR count). The van der Waals surface area contributed by atoms with Crippen molar-refractivity contribution in [3.63, 3.8) is 0 Å². The molecule has 8 heteroatoms. The molecule has 0 radical (unpaired) electrons. The molecule has 162 valence electrons. The van der Waals surface area contributed by atoms with Gasteiger partial charge in [0, 0.05) is 22.7 Å². The topological polar surface area (TPSA) is 75.7 Å². The number of aryl methyl sites for hydroxylation is 1. The zero-order chi connectivity index (χ0) is 22.1. The summed E-state index contributed by atoms with van der Waals surface area (Å²) in [5.41, 5.74) is 2.70. The average molecular weight is 495 g/mol. The minimum Gasteiger partial charge on any atom is -0.483 e. The fourth-order valence-electron chi connectivity index (χ4n) is 3.50. The van der Waals surface area contributed by atoms with Crippen molar-refractivity contribution in [2.24, 2.45) is 5.92 Å². The number of fused-ring (bicyclic) bond motifs is 1. The van der Waals surface area contributed by atoms with E-state index in [2.05, 4.69) is 20.7 Å². The molecular formula is C22H27BrN2O4S. The first-order chi connectivity index (χ1) is 14.1. The van der Waals surface area contributed by atoms with E-state index >= 15 is 0 Å². The molecule has 0 unspecified atom stereocenters. The Morgan fingerprint density at radius 1 is 1.27 bits per heavy atom. The van der Waals surface area contributed by atoms with Gasteiger partial charge in [0.05, 0.1) is 4.90 Å². The maximum atomic E-state index is 12.8. The largest absolute Gasteiger partial charge is 0.483 e. The van der Waals surface area contributed by atoms with Gasteiger partial charge in [-0.25, -0.2) is 13.1 Å². The van der Waals surface area contributed by atoms with Gasteiger partial charge in [0.2, 0.25) is 10.0 Å². The van der Waals surface area contributed by atoms with Gasteiger partial charge in [-0.3, -0.25) is 4.79 Å². The number of hydrogen-bond donors (Lipinski definition) is 1. The molecule has 0 saturated heterocycles. The summed E-state index contributed by atoms with van der Waals surface area (Å²) in [5.74, 6) is 0.584. The Bertz CT molecular complexity index is 1050. The third-order valence-corrected chi connectivity index (χ3v) is 6.93. The van der Waals surface area contributed by atoms with Gasteiger partial charge in [-0.2, -0.15) is 0 Å². The van der Waals surface area contributed by atoms with Crippen LogP contribution in [-0.4, -0.2) is 33.5 Å². The van der Waals surface area contributed by atoms with E-state index in [1.54, 1.807) is 24.0 Å². The summed E-state index contributed by atoms with van der Waals surface area (Å²) in [7, 11) is -3.57. The van der Waals surface area contributed by atoms with Crippen molar-refractivity contribution < 1.29 is 17.9 Å². The highest BCUT2D eigenvalue weighted by Gasteiger charge is 2.31. The molecule has 6 nitrogen and oxygen atoms in total. The van der Waals surface area contributed by atoms with E-state index in [0.29, 0.717) is 17.9 Å². The number of carbonyl (C=O) groups is 1. The molecule has 0 aliphatic carbocycles. The van der Waals surface area contributed by atoms with Crippen LogP contribution in [0.4, 0.5) is 5.69 Å². The van der Waals surface area contributed by atoms with Crippen LogP contribution in [-0.2, 0) is 21.2 Å².